The van der Waals surface area contributed by atoms with Crippen LogP contribution in [0.25, 0.3) is 0 Å². The number of carbonyl (C=O) groups is 2. The van der Waals surface area contributed by atoms with Crippen molar-refractivity contribution in [1.29, 1.82) is 0 Å². The van der Waals surface area contributed by atoms with Crippen LogP contribution in [0.1, 0.15) is 35.2 Å². The zero-order valence-corrected chi connectivity index (χ0v) is 16.2. The molecule has 2 rings (SSSR count). The van der Waals surface area contributed by atoms with E-state index in [0.29, 0.717) is 6.42 Å². The Balaban J connectivity index is 2.51. The van der Waals surface area contributed by atoms with Crippen molar-refractivity contribution in [3.05, 3.63) is 39.6 Å². The zero-order chi connectivity index (χ0) is 21.3. The highest BCUT2D eigenvalue weighted by atomic mass is 35.5. The molecule has 0 amide bonds. The Labute approximate surface area is 163 Å². The van der Waals surface area contributed by atoms with E-state index < -0.39 is 62.0 Å². The van der Waals surface area contributed by atoms with Crippen molar-refractivity contribution in [3.8, 4) is 0 Å². The molecule has 0 spiro atoms. The molecule has 0 bridgehead atoms. The largest absolute Gasteiger partial charge is 0.511 e. The van der Waals surface area contributed by atoms with Gasteiger partial charge in [-0.1, -0.05) is 11.6 Å². The first-order chi connectivity index (χ1) is 12.8. The summed E-state index contributed by atoms with van der Waals surface area (Å²) in [5, 5.41) is 9.45. The summed E-state index contributed by atoms with van der Waals surface area (Å²) in [6.07, 6.45) is -3.28. The second kappa shape index (κ2) is 8.22. The number of rotatable bonds is 6. The summed E-state index contributed by atoms with van der Waals surface area (Å²) in [4.78, 5) is 24.3. The van der Waals surface area contributed by atoms with Crippen LogP contribution in [0, 0.1) is 0 Å². The number of alkyl halides is 3. The molecular weight excluding hydrogens is 425 g/mol. The normalized spacial score (nSPS) is 15.8. The van der Waals surface area contributed by atoms with Crippen LogP contribution in [0.15, 0.2) is 28.4 Å². The summed E-state index contributed by atoms with van der Waals surface area (Å²) in [5.41, 5.74) is -1.10. The van der Waals surface area contributed by atoms with Crippen molar-refractivity contribution in [2.75, 3.05) is 12.9 Å². The molecule has 154 valence electrons. The lowest BCUT2D eigenvalue weighted by molar-refractivity contribution is -0.176. The quantitative estimate of drug-likeness (QED) is 0.536. The number of Topliss-reactive ketones (excluding diaryl/α,β-unsaturated/α-hetero) is 2. The first-order valence-corrected chi connectivity index (χ1v) is 10.3. The minimum atomic E-state index is -4.64. The highest BCUT2D eigenvalue weighted by Gasteiger charge is 2.31. The van der Waals surface area contributed by atoms with E-state index in [1.165, 1.54) is 0 Å². The van der Waals surface area contributed by atoms with Gasteiger partial charge in [0.25, 0.3) is 0 Å². The van der Waals surface area contributed by atoms with Crippen molar-refractivity contribution in [2.24, 2.45) is 0 Å². The van der Waals surface area contributed by atoms with Gasteiger partial charge in [-0.2, -0.15) is 13.2 Å². The van der Waals surface area contributed by atoms with Crippen LogP contribution in [0.5, 0.6) is 0 Å². The van der Waals surface area contributed by atoms with Crippen molar-refractivity contribution >= 4 is 33.0 Å². The summed E-state index contributed by atoms with van der Waals surface area (Å²) in [5.74, 6) is -1.92. The van der Waals surface area contributed by atoms with Crippen molar-refractivity contribution in [1.82, 2.24) is 0 Å². The maximum Gasteiger partial charge on any atom is 0.411 e. The number of hydrogen-bond acceptors (Lipinski definition) is 6. The fourth-order valence-electron chi connectivity index (χ4n) is 2.75. The number of ether oxygens (including phenoxy) is 1. The van der Waals surface area contributed by atoms with E-state index in [4.69, 9.17) is 11.6 Å². The first kappa shape index (κ1) is 22.4. The zero-order valence-electron chi connectivity index (χ0n) is 14.6. The van der Waals surface area contributed by atoms with Crippen LogP contribution in [-0.4, -0.2) is 44.1 Å². The lowest BCUT2D eigenvalue weighted by atomic mass is 9.90. The van der Waals surface area contributed by atoms with Crippen LogP contribution < -0.4 is 0 Å². The Bertz CT molecular complexity index is 950. The van der Waals surface area contributed by atoms with Crippen LogP contribution in [0.3, 0.4) is 0 Å². The Morgan fingerprint density at radius 2 is 1.93 bits per heavy atom. The highest BCUT2D eigenvalue weighted by molar-refractivity contribution is 7.90. The molecule has 0 saturated heterocycles. The van der Waals surface area contributed by atoms with Crippen LogP contribution >= 0.6 is 11.6 Å². The Kier molecular flexibility index (Phi) is 6.57. The van der Waals surface area contributed by atoms with Gasteiger partial charge >= 0.3 is 6.18 Å². The summed E-state index contributed by atoms with van der Waals surface area (Å²) in [6.45, 7) is -2.46. The van der Waals surface area contributed by atoms with Gasteiger partial charge < -0.3 is 9.84 Å². The number of sulfone groups is 1. The highest BCUT2D eigenvalue weighted by Crippen LogP contribution is 2.32. The number of allylic oxidation sites excluding steroid dienone is 2. The maximum atomic E-state index is 12.7. The molecule has 0 radical (unpaired) electrons. The fourth-order valence-corrected chi connectivity index (χ4v) is 4.03. The van der Waals surface area contributed by atoms with Crippen LogP contribution in [0.2, 0.25) is 5.02 Å². The molecule has 28 heavy (non-hydrogen) atoms. The van der Waals surface area contributed by atoms with Crippen molar-refractivity contribution < 1.29 is 41.0 Å². The molecule has 0 unspecified atom stereocenters. The topological polar surface area (TPSA) is 97.7 Å². The molecule has 1 aliphatic carbocycles. The van der Waals surface area contributed by atoms with Gasteiger partial charge in [0.1, 0.15) is 17.9 Å². The van der Waals surface area contributed by atoms with E-state index in [2.05, 4.69) is 4.74 Å². The Morgan fingerprint density at radius 1 is 1.29 bits per heavy atom. The molecule has 1 aromatic rings. The molecule has 0 aromatic heterocycles. The van der Waals surface area contributed by atoms with Gasteiger partial charge in [0.2, 0.25) is 5.78 Å². The molecular formula is C17H16ClF3O6S. The van der Waals surface area contributed by atoms with E-state index in [1.807, 2.05) is 0 Å². The van der Waals surface area contributed by atoms with Gasteiger partial charge in [0.15, 0.2) is 15.6 Å². The molecule has 6 nitrogen and oxygen atoms in total. The Hall–Kier alpha value is -1.91. The molecule has 11 heteroatoms. The van der Waals surface area contributed by atoms with Gasteiger partial charge in [0, 0.05) is 30.2 Å². The Morgan fingerprint density at radius 3 is 2.46 bits per heavy atom. The average Bonchev–Trinajstić information content (AvgIpc) is 2.53. The first-order valence-electron chi connectivity index (χ1n) is 7.99. The number of halogens is 4. The summed E-state index contributed by atoms with van der Waals surface area (Å²) >= 11 is 6.12. The molecule has 0 heterocycles. The van der Waals surface area contributed by atoms with Gasteiger partial charge in [-0.25, -0.2) is 8.42 Å². The SMILES string of the molecule is CS(=O)(=O)c1ccc(C(=O)C2=C(O)CCCC2=O)c(Cl)c1COCC(F)(F)F. The predicted molar refractivity (Wildman–Crippen MR) is 93.1 cm³/mol. The minimum Gasteiger partial charge on any atom is -0.511 e. The van der Waals surface area contributed by atoms with E-state index >= 15 is 0 Å². The maximum absolute atomic E-state index is 12.7. The van der Waals surface area contributed by atoms with Gasteiger partial charge in [-0.05, 0) is 18.6 Å². The monoisotopic (exact) mass is 440 g/mol. The molecule has 0 fully saturated rings. The third-order valence-corrected chi connectivity index (χ3v) is 5.58. The predicted octanol–water partition coefficient (Wildman–Crippen LogP) is 3.57. The van der Waals surface area contributed by atoms with E-state index in [-0.39, 0.29) is 24.0 Å². The van der Waals surface area contributed by atoms with Crippen molar-refractivity contribution in [2.45, 2.75) is 36.9 Å². The molecule has 0 atom stereocenters. The number of benzene rings is 1. The van der Waals surface area contributed by atoms with Gasteiger partial charge in [-0.3, -0.25) is 9.59 Å². The molecule has 1 N–H and O–H groups in total. The van der Waals surface area contributed by atoms with E-state index in [0.717, 1.165) is 18.4 Å². The molecule has 0 saturated carbocycles. The van der Waals surface area contributed by atoms with Crippen LogP contribution in [0.4, 0.5) is 13.2 Å². The number of hydrogen-bond donors (Lipinski definition) is 1. The van der Waals surface area contributed by atoms with E-state index in [9.17, 15) is 36.3 Å². The summed E-state index contributed by atoms with van der Waals surface area (Å²) < 4.78 is 65.4. The van der Waals surface area contributed by atoms with Crippen molar-refractivity contribution in [3.63, 3.8) is 0 Å². The average molecular weight is 441 g/mol. The summed E-state index contributed by atoms with van der Waals surface area (Å²) in [6, 6.07) is 2.06. The third kappa shape index (κ3) is 5.12. The standard InChI is InChI=1S/C17H16ClF3O6S/c1-28(25,26)13-6-5-9(15(18)10(13)7-27-8-17(19,20)21)16(24)14-11(22)3-2-4-12(14)23/h5-6,22H,2-4,7-8H2,1H3. The molecule has 1 aliphatic rings. The third-order valence-electron chi connectivity index (χ3n) is 3.97. The number of aliphatic hydroxyl groups is 1. The number of ketones is 2. The smallest absolute Gasteiger partial charge is 0.411 e. The second-order valence-electron chi connectivity index (χ2n) is 6.21. The summed E-state index contributed by atoms with van der Waals surface area (Å²) in [7, 11) is -3.90. The molecule has 1 aromatic carbocycles. The fraction of sp³-hybridized carbons (Fsp3) is 0.412. The number of aliphatic hydroxyl groups excluding tert-OH is 1. The van der Waals surface area contributed by atoms with Gasteiger partial charge in [0.05, 0.1) is 16.5 Å². The second-order valence-corrected chi connectivity index (χ2v) is 8.57. The van der Waals surface area contributed by atoms with Gasteiger partial charge in [-0.15, -0.1) is 0 Å². The lowest BCUT2D eigenvalue weighted by Gasteiger charge is -2.17. The van der Waals surface area contributed by atoms with Crippen LogP contribution in [-0.2, 0) is 26.0 Å². The molecule has 0 aliphatic heterocycles. The number of carbonyl (C=O) groups excluding carboxylic acids is 2. The van der Waals surface area contributed by atoms with E-state index in [1.54, 1.807) is 0 Å². The lowest BCUT2D eigenvalue weighted by Crippen LogP contribution is -2.21. The minimum absolute atomic E-state index is 0.0473.